The van der Waals surface area contributed by atoms with Crippen LogP contribution in [0, 0.1) is 23.6 Å². The highest BCUT2D eigenvalue weighted by Crippen LogP contribution is 2.49. The third-order valence-electron chi connectivity index (χ3n) is 4.98. The topological polar surface area (TPSA) is 46.2 Å². The van der Waals surface area contributed by atoms with E-state index in [0.717, 1.165) is 18.4 Å². The Morgan fingerprint density at radius 1 is 1.33 bits per heavy atom. The molecule has 2 bridgehead atoms. The fraction of sp³-hybridized carbons (Fsp3) is 0.600. The van der Waals surface area contributed by atoms with Gasteiger partial charge in [-0.15, -0.1) is 0 Å². The summed E-state index contributed by atoms with van der Waals surface area (Å²) in [5, 5.41) is 0. The van der Waals surface area contributed by atoms with E-state index in [1.807, 2.05) is 6.92 Å². The predicted octanol–water partition coefficient (Wildman–Crippen LogP) is 3.69. The molecule has 3 nitrogen and oxygen atoms in total. The van der Waals surface area contributed by atoms with E-state index in [1.54, 1.807) is 0 Å². The highest BCUT2D eigenvalue weighted by atomic mass is 79.9. The summed E-state index contributed by atoms with van der Waals surface area (Å²) >= 11 is 3.03. The Morgan fingerprint density at radius 2 is 2.10 bits per heavy atom. The van der Waals surface area contributed by atoms with Crippen molar-refractivity contribution in [3.63, 3.8) is 0 Å². The molecule has 2 aliphatic rings. The van der Waals surface area contributed by atoms with Crippen LogP contribution >= 0.6 is 15.9 Å². The number of benzene rings is 1. The summed E-state index contributed by atoms with van der Waals surface area (Å²) in [5.41, 5.74) is 0. The van der Waals surface area contributed by atoms with Crippen molar-refractivity contribution < 1.29 is 12.8 Å². The van der Waals surface area contributed by atoms with Gasteiger partial charge in [0, 0.05) is 6.04 Å². The zero-order chi connectivity index (χ0) is 15.2. The fourth-order valence-electron chi connectivity index (χ4n) is 3.95. The van der Waals surface area contributed by atoms with Gasteiger partial charge in [0.15, 0.2) is 0 Å². The second-order valence-corrected chi connectivity index (χ2v) is 8.89. The Bertz CT molecular complexity index is 649. The predicted molar refractivity (Wildman–Crippen MR) is 82.8 cm³/mol. The number of rotatable bonds is 4. The van der Waals surface area contributed by atoms with Crippen molar-refractivity contribution in [2.45, 2.75) is 43.5 Å². The molecule has 4 unspecified atom stereocenters. The first-order chi connectivity index (χ1) is 9.87. The molecule has 2 aliphatic carbocycles. The molecule has 0 aromatic heterocycles. The molecule has 4 atom stereocenters. The molecule has 2 fully saturated rings. The summed E-state index contributed by atoms with van der Waals surface area (Å²) in [6, 6.07) is 3.80. The summed E-state index contributed by atoms with van der Waals surface area (Å²) in [4.78, 5) is -0.0155. The van der Waals surface area contributed by atoms with E-state index >= 15 is 0 Å². The van der Waals surface area contributed by atoms with Crippen LogP contribution in [-0.4, -0.2) is 14.5 Å². The van der Waals surface area contributed by atoms with Gasteiger partial charge in [0.2, 0.25) is 10.0 Å². The van der Waals surface area contributed by atoms with Gasteiger partial charge in [-0.3, -0.25) is 0 Å². The van der Waals surface area contributed by atoms with Gasteiger partial charge in [-0.25, -0.2) is 17.5 Å². The molecule has 0 heterocycles. The van der Waals surface area contributed by atoms with E-state index in [1.165, 1.54) is 31.4 Å². The van der Waals surface area contributed by atoms with Crippen LogP contribution in [-0.2, 0) is 10.0 Å². The van der Waals surface area contributed by atoms with Crippen molar-refractivity contribution in [3.05, 3.63) is 28.5 Å². The molecule has 0 radical (unpaired) electrons. The molecule has 0 saturated heterocycles. The molecule has 1 N–H and O–H groups in total. The maximum Gasteiger partial charge on any atom is 0.240 e. The van der Waals surface area contributed by atoms with Crippen LogP contribution in [0.4, 0.5) is 4.39 Å². The summed E-state index contributed by atoms with van der Waals surface area (Å²) < 4.78 is 41.3. The summed E-state index contributed by atoms with van der Waals surface area (Å²) in [6.07, 6.45) is 4.86. The normalized spacial score (nSPS) is 29.8. The lowest BCUT2D eigenvalue weighted by Crippen LogP contribution is -2.40. The first-order valence-corrected chi connectivity index (χ1v) is 9.62. The lowest BCUT2D eigenvalue weighted by molar-refractivity contribution is 0.280. The van der Waals surface area contributed by atoms with Gasteiger partial charge in [-0.05, 0) is 78.1 Å². The molecule has 1 aromatic rings. The molecule has 6 heteroatoms. The van der Waals surface area contributed by atoms with Gasteiger partial charge in [0.1, 0.15) is 5.82 Å². The molecule has 0 spiro atoms. The Kier molecular flexibility index (Phi) is 4.14. The molecule has 0 aliphatic heterocycles. The van der Waals surface area contributed by atoms with Crippen LogP contribution in [0.25, 0.3) is 0 Å². The largest absolute Gasteiger partial charge is 0.240 e. The standard InChI is InChI=1S/C15H19BrFNO2S/c1-9(13-7-10-2-3-11(13)6-10)18-21(19,20)12-4-5-14(16)15(17)8-12/h4-5,8-11,13,18H,2-3,6-7H2,1H3. The molecule has 116 valence electrons. The zero-order valence-electron chi connectivity index (χ0n) is 11.9. The Labute approximate surface area is 133 Å². The van der Waals surface area contributed by atoms with Gasteiger partial charge in [0.25, 0.3) is 0 Å². The minimum Gasteiger partial charge on any atom is -0.208 e. The second kappa shape index (κ2) is 5.63. The molecular formula is C15H19BrFNO2S. The molecule has 21 heavy (non-hydrogen) atoms. The van der Waals surface area contributed by atoms with Crippen LogP contribution in [0.1, 0.15) is 32.6 Å². The van der Waals surface area contributed by atoms with Crippen molar-refractivity contribution in [3.8, 4) is 0 Å². The first-order valence-electron chi connectivity index (χ1n) is 7.34. The quantitative estimate of drug-likeness (QED) is 0.871. The van der Waals surface area contributed by atoms with E-state index in [0.29, 0.717) is 11.8 Å². The van der Waals surface area contributed by atoms with E-state index in [2.05, 4.69) is 20.7 Å². The smallest absolute Gasteiger partial charge is 0.208 e. The fourth-order valence-corrected chi connectivity index (χ4v) is 5.50. The van der Waals surface area contributed by atoms with E-state index < -0.39 is 15.8 Å². The van der Waals surface area contributed by atoms with E-state index in [4.69, 9.17) is 0 Å². The minimum atomic E-state index is -3.66. The number of halogens is 2. The summed E-state index contributed by atoms with van der Waals surface area (Å²) in [7, 11) is -3.66. The summed E-state index contributed by atoms with van der Waals surface area (Å²) in [5.74, 6) is 1.27. The Balaban J connectivity index is 1.75. The highest BCUT2D eigenvalue weighted by molar-refractivity contribution is 9.10. The molecule has 1 aromatic carbocycles. The third kappa shape index (κ3) is 3.03. The van der Waals surface area contributed by atoms with Crippen molar-refractivity contribution in [1.82, 2.24) is 4.72 Å². The average molecular weight is 376 g/mol. The van der Waals surface area contributed by atoms with Crippen molar-refractivity contribution in [2.75, 3.05) is 0 Å². The van der Waals surface area contributed by atoms with Crippen molar-refractivity contribution >= 4 is 26.0 Å². The molecular weight excluding hydrogens is 357 g/mol. The first kappa shape index (κ1) is 15.4. The number of sulfonamides is 1. The van der Waals surface area contributed by atoms with Crippen LogP contribution in [0.5, 0.6) is 0 Å². The van der Waals surface area contributed by atoms with E-state index in [9.17, 15) is 12.8 Å². The van der Waals surface area contributed by atoms with Crippen molar-refractivity contribution in [2.24, 2.45) is 17.8 Å². The van der Waals surface area contributed by atoms with Crippen LogP contribution < -0.4 is 4.72 Å². The second-order valence-electron chi connectivity index (χ2n) is 6.32. The minimum absolute atomic E-state index is 0.0155. The van der Waals surface area contributed by atoms with Gasteiger partial charge in [-0.2, -0.15) is 0 Å². The Morgan fingerprint density at radius 3 is 2.67 bits per heavy atom. The highest BCUT2D eigenvalue weighted by Gasteiger charge is 2.42. The van der Waals surface area contributed by atoms with Gasteiger partial charge in [0.05, 0.1) is 9.37 Å². The average Bonchev–Trinajstić information content (AvgIpc) is 3.03. The number of nitrogens with one attached hydrogen (secondary N) is 1. The van der Waals surface area contributed by atoms with Gasteiger partial charge < -0.3 is 0 Å². The SMILES string of the molecule is CC(NS(=O)(=O)c1ccc(Br)c(F)c1)C1CC2CCC1C2. The molecule has 2 saturated carbocycles. The van der Waals surface area contributed by atoms with Crippen molar-refractivity contribution in [1.29, 1.82) is 0 Å². The van der Waals surface area contributed by atoms with Crippen LogP contribution in [0.15, 0.2) is 27.6 Å². The van der Waals surface area contributed by atoms with Gasteiger partial charge >= 0.3 is 0 Å². The molecule has 3 rings (SSSR count). The maximum absolute atomic E-state index is 13.5. The number of hydrogen-bond acceptors (Lipinski definition) is 2. The van der Waals surface area contributed by atoms with Gasteiger partial charge in [-0.1, -0.05) is 6.42 Å². The lowest BCUT2D eigenvalue weighted by Gasteiger charge is -2.28. The third-order valence-corrected chi connectivity index (χ3v) is 7.18. The van der Waals surface area contributed by atoms with Crippen LogP contribution in [0.3, 0.4) is 0 Å². The van der Waals surface area contributed by atoms with Crippen LogP contribution in [0.2, 0.25) is 0 Å². The summed E-state index contributed by atoms with van der Waals surface area (Å²) in [6.45, 7) is 1.93. The lowest BCUT2D eigenvalue weighted by atomic mass is 9.84. The zero-order valence-corrected chi connectivity index (χ0v) is 14.3. The maximum atomic E-state index is 13.5. The number of hydrogen-bond donors (Lipinski definition) is 1. The Hall–Kier alpha value is -0.460. The molecule has 0 amide bonds. The van der Waals surface area contributed by atoms with E-state index in [-0.39, 0.29) is 15.4 Å². The monoisotopic (exact) mass is 375 g/mol. The number of fused-ring (bicyclic) bond motifs is 2.